The molecule has 0 radical (unpaired) electrons. The Kier molecular flexibility index (Phi) is 5.08. The van der Waals surface area contributed by atoms with Gasteiger partial charge >= 0.3 is 0 Å². The van der Waals surface area contributed by atoms with Gasteiger partial charge in [-0.2, -0.15) is 0 Å². The van der Waals surface area contributed by atoms with Crippen molar-refractivity contribution >= 4 is 46.4 Å². The number of aromatic nitrogens is 2. The standard InChI is InChI=1S/C17H10Cl4N2/c18-13-7-3-1-5-10(13)15(11-6-2-4-8-14(11)19)12-9-22-17(21)23-16(12)20/h1-9,15H. The molecule has 0 aliphatic carbocycles. The van der Waals surface area contributed by atoms with E-state index in [1.165, 1.54) is 0 Å². The maximum absolute atomic E-state index is 6.40. The third-order valence-corrected chi connectivity index (χ3v) is 4.66. The summed E-state index contributed by atoms with van der Waals surface area (Å²) in [6, 6.07) is 15.1. The summed E-state index contributed by atoms with van der Waals surface area (Å²) in [6.45, 7) is 0. The van der Waals surface area contributed by atoms with Crippen molar-refractivity contribution in [1.82, 2.24) is 9.97 Å². The van der Waals surface area contributed by atoms with Gasteiger partial charge in [-0.3, -0.25) is 0 Å². The number of halogens is 4. The quantitative estimate of drug-likeness (QED) is 0.393. The molecule has 0 aliphatic rings. The van der Waals surface area contributed by atoms with Gasteiger partial charge in [-0.1, -0.05) is 71.2 Å². The van der Waals surface area contributed by atoms with Crippen LogP contribution in [0, 0.1) is 0 Å². The summed E-state index contributed by atoms with van der Waals surface area (Å²) in [7, 11) is 0. The van der Waals surface area contributed by atoms with E-state index in [0.717, 1.165) is 11.1 Å². The summed E-state index contributed by atoms with van der Waals surface area (Å²) in [5, 5.41) is 1.59. The lowest BCUT2D eigenvalue weighted by molar-refractivity contribution is 0.942. The van der Waals surface area contributed by atoms with Crippen molar-refractivity contribution in [3.8, 4) is 0 Å². The zero-order valence-electron chi connectivity index (χ0n) is 11.7. The van der Waals surface area contributed by atoms with Crippen molar-refractivity contribution in [2.45, 2.75) is 5.92 Å². The lowest BCUT2D eigenvalue weighted by Gasteiger charge is -2.21. The first-order valence-electron chi connectivity index (χ1n) is 6.74. The molecule has 3 rings (SSSR count). The van der Waals surface area contributed by atoms with E-state index in [-0.39, 0.29) is 16.4 Å². The second-order valence-corrected chi connectivity index (χ2v) is 6.37. The van der Waals surface area contributed by atoms with E-state index in [1.54, 1.807) is 6.20 Å². The normalized spacial score (nSPS) is 11.0. The maximum atomic E-state index is 6.40. The fraction of sp³-hybridized carbons (Fsp3) is 0.0588. The van der Waals surface area contributed by atoms with Gasteiger partial charge in [0, 0.05) is 27.7 Å². The molecule has 0 unspecified atom stereocenters. The minimum absolute atomic E-state index is 0.0933. The molecule has 0 amide bonds. The van der Waals surface area contributed by atoms with Gasteiger partial charge in [-0.05, 0) is 34.9 Å². The van der Waals surface area contributed by atoms with E-state index in [2.05, 4.69) is 9.97 Å². The molecule has 0 bridgehead atoms. The van der Waals surface area contributed by atoms with E-state index in [9.17, 15) is 0 Å². The van der Waals surface area contributed by atoms with Crippen LogP contribution in [0.4, 0.5) is 0 Å². The first-order chi connectivity index (χ1) is 11.1. The molecular formula is C17H10Cl4N2. The number of rotatable bonds is 3. The Labute approximate surface area is 154 Å². The van der Waals surface area contributed by atoms with E-state index < -0.39 is 0 Å². The molecule has 1 aromatic heterocycles. The van der Waals surface area contributed by atoms with Crippen molar-refractivity contribution < 1.29 is 0 Å². The average Bonchev–Trinajstić information content (AvgIpc) is 2.53. The van der Waals surface area contributed by atoms with Gasteiger partial charge in [0.05, 0.1) is 0 Å². The van der Waals surface area contributed by atoms with Gasteiger partial charge in [-0.15, -0.1) is 0 Å². The van der Waals surface area contributed by atoms with E-state index in [1.807, 2.05) is 48.5 Å². The van der Waals surface area contributed by atoms with Crippen LogP contribution in [0.2, 0.25) is 20.5 Å². The third-order valence-electron chi connectivity index (χ3n) is 3.48. The first kappa shape index (κ1) is 16.5. The van der Waals surface area contributed by atoms with Crippen molar-refractivity contribution in [3.63, 3.8) is 0 Å². The van der Waals surface area contributed by atoms with E-state index in [4.69, 9.17) is 46.4 Å². The monoisotopic (exact) mass is 382 g/mol. The zero-order valence-corrected chi connectivity index (χ0v) is 14.7. The minimum atomic E-state index is -0.290. The minimum Gasteiger partial charge on any atom is -0.226 e. The molecule has 6 heteroatoms. The lowest BCUT2D eigenvalue weighted by atomic mass is 9.86. The molecule has 0 atom stereocenters. The molecule has 116 valence electrons. The zero-order chi connectivity index (χ0) is 16.4. The van der Waals surface area contributed by atoms with E-state index >= 15 is 0 Å². The summed E-state index contributed by atoms with van der Waals surface area (Å²) < 4.78 is 0. The van der Waals surface area contributed by atoms with Crippen LogP contribution in [0.25, 0.3) is 0 Å². The van der Waals surface area contributed by atoms with Crippen LogP contribution in [-0.4, -0.2) is 9.97 Å². The highest BCUT2D eigenvalue weighted by atomic mass is 35.5. The van der Waals surface area contributed by atoms with Crippen LogP contribution in [0.15, 0.2) is 54.7 Å². The smallest absolute Gasteiger partial charge is 0.223 e. The number of nitrogens with zero attached hydrogens (tertiary/aromatic N) is 2. The molecule has 1 heterocycles. The molecule has 23 heavy (non-hydrogen) atoms. The highest BCUT2D eigenvalue weighted by Crippen LogP contribution is 2.40. The van der Waals surface area contributed by atoms with Crippen molar-refractivity contribution in [2.24, 2.45) is 0 Å². The van der Waals surface area contributed by atoms with Gasteiger partial charge in [0.1, 0.15) is 5.15 Å². The van der Waals surface area contributed by atoms with Gasteiger partial charge in [0.25, 0.3) is 0 Å². The number of benzene rings is 2. The molecule has 0 N–H and O–H groups in total. The Bertz CT molecular complexity index is 806. The highest BCUT2D eigenvalue weighted by Gasteiger charge is 2.24. The summed E-state index contributed by atoms with van der Waals surface area (Å²) >= 11 is 24.9. The Hall–Kier alpha value is -1.32. The second kappa shape index (κ2) is 7.06. The van der Waals surface area contributed by atoms with Crippen LogP contribution in [-0.2, 0) is 0 Å². The predicted octanol–water partition coefficient (Wildman–Crippen LogP) is 6.27. The van der Waals surface area contributed by atoms with Crippen molar-refractivity contribution in [3.05, 3.63) is 91.9 Å². The van der Waals surface area contributed by atoms with Crippen LogP contribution in [0.3, 0.4) is 0 Å². The number of hydrogen-bond donors (Lipinski definition) is 0. The fourth-order valence-corrected chi connectivity index (χ4v) is 3.37. The van der Waals surface area contributed by atoms with Crippen molar-refractivity contribution in [2.75, 3.05) is 0 Å². The SMILES string of the molecule is Clc1ncc(C(c2ccccc2Cl)c2ccccc2Cl)c(Cl)n1. The Morgan fingerprint density at radius 1 is 0.696 bits per heavy atom. The average molecular weight is 384 g/mol. The third kappa shape index (κ3) is 3.46. The molecule has 0 fully saturated rings. The van der Waals surface area contributed by atoms with Crippen LogP contribution in [0.5, 0.6) is 0 Å². The fourth-order valence-electron chi connectivity index (χ4n) is 2.47. The largest absolute Gasteiger partial charge is 0.226 e. The molecule has 0 aliphatic heterocycles. The second-order valence-electron chi connectivity index (χ2n) is 4.86. The van der Waals surface area contributed by atoms with Gasteiger partial charge in [0.15, 0.2) is 0 Å². The van der Waals surface area contributed by atoms with Gasteiger partial charge < -0.3 is 0 Å². The van der Waals surface area contributed by atoms with Crippen LogP contribution in [0.1, 0.15) is 22.6 Å². The highest BCUT2D eigenvalue weighted by molar-refractivity contribution is 6.33. The molecule has 0 saturated heterocycles. The Morgan fingerprint density at radius 3 is 1.70 bits per heavy atom. The lowest BCUT2D eigenvalue weighted by Crippen LogP contribution is -2.07. The van der Waals surface area contributed by atoms with Crippen LogP contribution < -0.4 is 0 Å². The maximum Gasteiger partial charge on any atom is 0.223 e. The summed E-state index contributed by atoms with van der Waals surface area (Å²) in [5.74, 6) is -0.290. The molecule has 0 spiro atoms. The summed E-state index contributed by atoms with van der Waals surface area (Å²) in [6.07, 6.45) is 1.61. The van der Waals surface area contributed by atoms with Gasteiger partial charge in [0.2, 0.25) is 5.28 Å². The Morgan fingerprint density at radius 2 is 1.22 bits per heavy atom. The molecule has 2 nitrogen and oxygen atoms in total. The van der Waals surface area contributed by atoms with Crippen LogP contribution >= 0.6 is 46.4 Å². The molecular weight excluding hydrogens is 374 g/mol. The number of hydrogen-bond acceptors (Lipinski definition) is 2. The summed E-state index contributed by atoms with van der Waals surface area (Å²) in [4.78, 5) is 8.09. The summed E-state index contributed by atoms with van der Waals surface area (Å²) in [5.41, 5.74) is 2.43. The Balaban J connectivity index is 2.27. The first-order valence-corrected chi connectivity index (χ1v) is 8.26. The molecule has 0 saturated carbocycles. The van der Waals surface area contributed by atoms with E-state index in [0.29, 0.717) is 15.6 Å². The topological polar surface area (TPSA) is 25.8 Å². The van der Waals surface area contributed by atoms with Gasteiger partial charge in [-0.25, -0.2) is 9.97 Å². The molecule has 2 aromatic carbocycles. The van der Waals surface area contributed by atoms with Crippen molar-refractivity contribution in [1.29, 1.82) is 0 Å². The molecule has 3 aromatic rings. The predicted molar refractivity (Wildman–Crippen MR) is 95.9 cm³/mol.